The van der Waals surface area contributed by atoms with Crippen LogP contribution < -0.4 is 5.73 Å². The van der Waals surface area contributed by atoms with Gasteiger partial charge in [-0.3, -0.25) is 0 Å². The van der Waals surface area contributed by atoms with E-state index in [1.54, 1.807) is 24.3 Å². The van der Waals surface area contributed by atoms with Gasteiger partial charge in [-0.05, 0) is 23.8 Å². The normalized spacial score (nSPS) is 12.5. The number of nitrogens with two attached hydrogens (primary N) is 1. The van der Waals surface area contributed by atoms with Crippen LogP contribution >= 0.6 is 11.6 Å². The molecule has 0 saturated heterocycles. The van der Waals surface area contributed by atoms with E-state index < -0.39 is 23.5 Å². The molecule has 0 spiro atoms. The summed E-state index contributed by atoms with van der Waals surface area (Å²) in [4.78, 5) is 0. The number of rotatable bonds is 2. The van der Waals surface area contributed by atoms with Gasteiger partial charge in [0.25, 0.3) is 0 Å². The second-order valence-electron chi connectivity index (χ2n) is 3.80. The van der Waals surface area contributed by atoms with Crippen LogP contribution in [0.2, 0.25) is 5.02 Å². The molecule has 0 aromatic heterocycles. The fourth-order valence-electron chi connectivity index (χ4n) is 1.66. The van der Waals surface area contributed by atoms with Gasteiger partial charge < -0.3 is 5.73 Å². The van der Waals surface area contributed by atoms with Gasteiger partial charge in [0.05, 0.1) is 6.04 Å². The van der Waals surface area contributed by atoms with Gasteiger partial charge in [0.2, 0.25) is 0 Å². The summed E-state index contributed by atoms with van der Waals surface area (Å²) in [5.41, 5.74) is 6.22. The first-order valence-electron chi connectivity index (χ1n) is 5.15. The number of hydrogen-bond donors (Lipinski definition) is 1. The predicted octanol–water partition coefficient (Wildman–Crippen LogP) is 3.81. The van der Waals surface area contributed by atoms with E-state index in [0.29, 0.717) is 10.6 Å². The zero-order valence-corrected chi connectivity index (χ0v) is 9.89. The maximum absolute atomic E-state index is 13.6. The lowest BCUT2D eigenvalue weighted by molar-refractivity contribution is 0.438. The van der Waals surface area contributed by atoms with Crippen molar-refractivity contribution in [2.45, 2.75) is 6.04 Å². The van der Waals surface area contributed by atoms with Crippen LogP contribution in [0.1, 0.15) is 17.2 Å². The average molecular weight is 272 g/mol. The van der Waals surface area contributed by atoms with E-state index in [4.69, 9.17) is 17.3 Å². The van der Waals surface area contributed by atoms with Crippen molar-refractivity contribution in [3.8, 4) is 0 Å². The Morgan fingerprint density at radius 2 is 1.72 bits per heavy atom. The van der Waals surface area contributed by atoms with Crippen molar-refractivity contribution in [2.24, 2.45) is 5.73 Å². The monoisotopic (exact) mass is 271 g/mol. The fourth-order valence-corrected chi connectivity index (χ4v) is 1.86. The molecule has 0 aliphatic carbocycles. The van der Waals surface area contributed by atoms with E-state index in [0.717, 1.165) is 12.1 Å². The molecular formula is C13H9ClF3N. The van der Waals surface area contributed by atoms with Gasteiger partial charge in [0, 0.05) is 10.6 Å². The highest BCUT2D eigenvalue weighted by Gasteiger charge is 2.19. The van der Waals surface area contributed by atoms with Gasteiger partial charge in [0.1, 0.15) is 0 Å². The third kappa shape index (κ3) is 2.35. The Labute approximate surface area is 107 Å². The van der Waals surface area contributed by atoms with Crippen molar-refractivity contribution in [2.75, 3.05) is 0 Å². The van der Waals surface area contributed by atoms with Crippen LogP contribution in [0.4, 0.5) is 13.2 Å². The Kier molecular flexibility index (Phi) is 3.59. The van der Waals surface area contributed by atoms with Gasteiger partial charge in [-0.25, -0.2) is 13.2 Å². The topological polar surface area (TPSA) is 26.0 Å². The number of hydrogen-bond acceptors (Lipinski definition) is 1. The second kappa shape index (κ2) is 5.00. The summed E-state index contributed by atoms with van der Waals surface area (Å²) in [5.74, 6) is -4.04. The molecule has 1 nitrogen and oxygen atoms in total. The summed E-state index contributed by atoms with van der Waals surface area (Å²) in [7, 11) is 0. The number of halogens is 4. The Morgan fingerprint density at radius 1 is 1.00 bits per heavy atom. The van der Waals surface area contributed by atoms with Crippen molar-refractivity contribution in [3.05, 3.63) is 70.0 Å². The molecule has 1 unspecified atom stereocenters. The van der Waals surface area contributed by atoms with Crippen LogP contribution in [0.15, 0.2) is 36.4 Å². The van der Waals surface area contributed by atoms with E-state index in [2.05, 4.69) is 0 Å². The molecule has 2 aromatic carbocycles. The van der Waals surface area contributed by atoms with Crippen LogP contribution in [0.3, 0.4) is 0 Å². The van der Waals surface area contributed by atoms with Crippen LogP contribution in [-0.2, 0) is 0 Å². The SMILES string of the molecule is NC(c1cccc(Cl)c1)c1ccc(F)c(F)c1F. The van der Waals surface area contributed by atoms with Crippen molar-refractivity contribution >= 4 is 11.6 Å². The van der Waals surface area contributed by atoms with Gasteiger partial charge in [-0.1, -0.05) is 29.8 Å². The first-order valence-corrected chi connectivity index (χ1v) is 5.53. The lowest BCUT2D eigenvalue weighted by Gasteiger charge is -2.14. The minimum Gasteiger partial charge on any atom is -0.320 e. The van der Waals surface area contributed by atoms with E-state index in [1.165, 1.54) is 0 Å². The molecule has 0 radical (unpaired) electrons. The van der Waals surface area contributed by atoms with Gasteiger partial charge >= 0.3 is 0 Å². The standard InChI is InChI=1S/C13H9ClF3N/c14-8-3-1-2-7(6-8)13(18)9-4-5-10(15)12(17)11(9)16/h1-6,13H,18H2. The van der Waals surface area contributed by atoms with Crippen LogP contribution in [-0.4, -0.2) is 0 Å². The third-order valence-corrected chi connectivity index (χ3v) is 2.84. The maximum atomic E-state index is 13.6. The van der Waals surface area contributed by atoms with Crippen LogP contribution in [0, 0.1) is 17.5 Å². The Bertz CT molecular complexity index is 586. The summed E-state index contributed by atoms with van der Waals surface area (Å²) >= 11 is 5.79. The lowest BCUT2D eigenvalue weighted by Crippen LogP contribution is -2.15. The van der Waals surface area contributed by atoms with Gasteiger partial charge in [0.15, 0.2) is 17.5 Å². The van der Waals surface area contributed by atoms with Crippen molar-refractivity contribution < 1.29 is 13.2 Å². The molecule has 0 bridgehead atoms. The Hall–Kier alpha value is -1.52. The molecule has 1 atom stereocenters. The molecule has 2 aromatic rings. The molecule has 18 heavy (non-hydrogen) atoms. The molecule has 0 heterocycles. The largest absolute Gasteiger partial charge is 0.320 e. The van der Waals surface area contributed by atoms with Gasteiger partial charge in [-0.2, -0.15) is 0 Å². The lowest BCUT2D eigenvalue weighted by atomic mass is 9.99. The first kappa shape index (κ1) is 12.9. The molecule has 0 fully saturated rings. The van der Waals surface area contributed by atoms with E-state index in [-0.39, 0.29) is 5.56 Å². The highest BCUT2D eigenvalue weighted by molar-refractivity contribution is 6.30. The average Bonchev–Trinajstić information content (AvgIpc) is 2.35. The maximum Gasteiger partial charge on any atom is 0.194 e. The minimum absolute atomic E-state index is 0.115. The molecule has 2 rings (SSSR count). The summed E-state index contributed by atoms with van der Waals surface area (Å²) in [6, 6.07) is 7.54. The zero-order valence-electron chi connectivity index (χ0n) is 9.13. The van der Waals surface area contributed by atoms with E-state index >= 15 is 0 Å². The quantitative estimate of drug-likeness (QED) is 0.826. The van der Waals surface area contributed by atoms with Crippen molar-refractivity contribution in [1.82, 2.24) is 0 Å². The van der Waals surface area contributed by atoms with Gasteiger partial charge in [-0.15, -0.1) is 0 Å². The van der Waals surface area contributed by atoms with Crippen LogP contribution in [0.25, 0.3) is 0 Å². The molecule has 0 aliphatic rings. The van der Waals surface area contributed by atoms with Crippen molar-refractivity contribution in [1.29, 1.82) is 0 Å². The molecular weight excluding hydrogens is 263 g/mol. The number of benzene rings is 2. The molecule has 94 valence electrons. The summed E-state index contributed by atoms with van der Waals surface area (Å²) in [6.45, 7) is 0. The predicted molar refractivity (Wildman–Crippen MR) is 63.8 cm³/mol. The Balaban J connectivity index is 2.46. The molecule has 0 saturated carbocycles. The van der Waals surface area contributed by atoms with Crippen molar-refractivity contribution in [3.63, 3.8) is 0 Å². The fraction of sp³-hybridized carbons (Fsp3) is 0.0769. The minimum atomic E-state index is -1.52. The Morgan fingerprint density at radius 3 is 2.39 bits per heavy atom. The summed E-state index contributed by atoms with van der Waals surface area (Å²) < 4.78 is 39.5. The van der Waals surface area contributed by atoms with Crippen LogP contribution in [0.5, 0.6) is 0 Å². The molecule has 2 N–H and O–H groups in total. The molecule has 0 amide bonds. The zero-order chi connectivity index (χ0) is 13.3. The third-order valence-electron chi connectivity index (χ3n) is 2.61. The summed E-state index contributed by atoms with van der Waals surface area (Å²) in [6.07, 6.45) is 0. The highest BCUT2D eigenvalue weighted by atomic mass is 35.5. The van der Waals surface area contributed by atoms with E-state index in [1.807, 2.05) is 0 Å². The summed E-state index contributed by atoms with van der Waals surface area (Å²) in [5, 5.41) is 0.436. The molecule has 5 heteroatoms. The molecule has 0 aliphatic heterocycles. The van der Waals surface area contributed by atoms with E-state index in [9.17, 15) is 13.2 Å². The second-order valence-corrected chi connectivity index (χ2v) is 4.23. The first-order chi connectivity index (χ1) is 8.50. The highest BCUT2D eigenvalue weighted by Crippen LogP contribution is 2.26. The smallest absolute Gasteiger partial charge is 0.194 e.